The predicted molar refractivity (Wildman–Crippen MR) is 110 cm³/mol. The van der Waals surface area contributed by atoms with Crippen molar-refractivity contribution in [2.75, 3.05) is 12.8 Å². The van der Waals surface area contributed by atoms with Crippen molar-refractivity contribution >= 4 is 40.7 Å². The van der Waals surface area contributed by atoms with Crippen LogP contribution < -0.4 is 10.6 Å². The van der Waals surface area contributed by atoms with Crippen LogP contribution in [0.25, 0.3) is 0 Å². The summed E-state index contributed by atoms with van der Waals surface area (Å²) < 4.78 is 12.0. The minimum atomic E-state index is -0.704. The Bertz CT molecular complexity index is 569. The van der Waals surface area contributed by atoms with E-state index in [9.17, 15) is 4.21 Å². The first-order chi connectivity index (χ1) is 11.1. The summed E-state index contributed by atoms with van der Waals surface area (Å²) in [6, 6.07) is 2.23. The quantitative estimate of drug-likeness (QED) is 0.396. The average molecular weight is 465 g/mol. The topological polar surface area (TPSA) is 79.3 Å². The molecular weight excluding hydrogens is 437 g/mol. The Kier molecular flexibility index (Phi) is 9.72. The molecule has 0 aliphatic heterocycles. The summed E-state index contributed by atoms with van der Waals surface area (Å²) in [6.45, 7) is 4.49. The maximum absolute atomic E-state index is 12.0. The molecule has 0 aromatic carbocycles. The third kappa shape index (κ3) is 6.62. The van der Waals surface area contributed by atoms with E-state index in [0.717, 1.165) is 48.9 Å². The molecule has 1 fully saturated rings. The van der Waals surface area contributed by atoms with Gasteiger partial charge in [0, 0.05) is 41.1 Å². The third-order valence-electron chi connectivity index (χ3n) is 4.12. The van der Waals surface area contributed by atoms with Gasteiger partial charge in [0.25, 0.3) is 0 Å². The van der Waals surface area contributed by atoms with E-state index in [0.29, 0.717) is 17.8 Å². The smallest absolute Gasteiger partial charge is 0.191 e. The van der Waals surface area contributed by atoms with Crippen molar-refractivity contribution < 1.29 is 4.21 Å². The lowest BCUT2D eigenvalue weighted by Crippen LogP contribution is -2.46. The molecule has 24 heavy (non-hydrogen) atoms. The van der Waals surface area contributed by atoms with E-state index in [-0.39, 0.29) is 24.0 Å². The first-order valence-electron chi connectivity index (χ1n) is 8.25. The normalized spacial score (nSPS) is 22.4. The van der Waals surface area contributed by atoms with Crippen LogP contribution in [-0.2, 0) is 17.3 Å². The van der Waals surface area contributed by atoms with Crippen molar-refractivity contribution in [1.82, 2.24) is 20.6 Å². The number of hydrogen-bond acceptors (Lipinski definition) is 4. The van der Waals surface area contributed by atoms with Gasteiger partial charge in [-0.05, 0) is 32.3 Å². The second kappa shape index (κ2) is 11.0. The number of nitrogens with zero attached hydrogens (tertiary/aromatic N) is 3. The molecule has 0 spiro atoms. The number of nitrogens with one attached hydrogen (secondary N) is 2. The fourth-order valence-corrected chi connectivity index (χ4v) is 4.26. The molecule has 1 heterocycles. The van der Waals surface area contributed by atoms with E-state index in [1.54, 1.807) is 13.2 Å². The predicted octanol–water partition coefficient (Wildman–Crippen LogP) is 2.15. The van der Waals surface area contributed by atoms with Gasteiger partial charge in [-0.1, -0.05) is 13.3 Å². The molecule has 1 aromatic heterocycles. The maximum Gasteiger partial charge on any atom is 0.191 e. The minimum Gasteiger partial charge on any atom is -0.354 e. The highest BCUT2D eigenvalue weighted by atomic mass is 127. The van der Waals surface area contributed by atoms with Crippen LogP contribution in [0.5, 0.6) is 0 Å². The Morgan fingerprint density at radius 3 is 2.92 bits per heavy atom. The van der Waals surface area contributed by atoms with Gasteiger partial charge >= 0.3 is 0 Å². The van der Waals surface area contributed by atoms with Gasteiger partial charge in [-0.25, -0.2) is 9.97 Å². The first-order valence-corrected chi connectivity index (χ1v) is 9.63. The van der Waals surface area contributed by atoms with Crippen LogP contribution in [0, 0.1) is 6.92 Å². The van der Waals surface area contributed by atoms with Gasteiger partial charge in [-0.2, -0.15) is 0 Å². The SMILES string of the molecule is CCS(=O)C1CCCC(NC(=NC)NCc2ccnc(C)n2)C1.I. The molecule has 1 aliphatic rings. The molecule has 3 unspecified atom stereocenters. The van der Waals surface area contributed by atoms with Gasteiger partial charge in [0.2, 0.25) is 0 Å². The highest BCUT2D eigenvalue weighted by Gasteiger charge is 2.25. The highest BCUT2D eigenvalue weighted by molar-refractivity contribution is 14.0. The fraction of sp³-hybridized carbons (Fsp3) is 0.688. The van der Waals surface area contributed by atoms with E-state index >= 15 is 0 Å². The lowest BCUT2D eigenvalue weighted by atomic mass is 9.95. The average Bonchev–Trinajstić information content (AvgIpc) is 2.58. The van der Waals surface area contributed by atoms with Gasteiger partial charge in [-0.15, -0.1) is 24.0 Å². The molecule has 1 aliphatic carbocycles. The fourth-order valence-electron chi connectivity index (χ4n) is 2.92. The standard InChI is InChI=1S/C16H27N5OS.HI/c1-4-23(22)15-7-5-6-13(10-15)21-16(17-3)19-11-14-8-9-18-12(2)20-14;/h8-9,13,15H,4-7,10-11H2,1-3H3,(H2,17,19,21);1H. The van der Waals surface area contributed by atoms with Crippen LogP contribution in [0.4, 0.5) is 0 Å². The number of rotatable bonds is 5. The zero-order valence-corrected chi connectivity index (χ0v) is 17.8. The maximum atomic E-state index is 12.0. The second-order valence-electron chi connectivity index (χ2n) is 5.82. The van der Waals surface area contributed by atoms with E-state index in [4.69, 9.17) is 0 Å². The molecular formula is C16H28IN5OS. The molecule has 2 N–H and O–H groups in total. The summed E-state index contributed by atoms with van der Waals surface area (Å²) in [5, 5.41) is 7.07. The van der Waals surface area contributed by atoms with E-state index in [1.807, 2.05) is 19.9 Å². The van der Waals surface area contributed by atoms with Crippen LogP contribution in [0.1, 0.15) is 44.1 Å². The Morgan fingerprint density at radius 2 is 2.25 bits per heavy atom. The van der Waals surface area contributed by atoms with Crippen LogP contribution in [0.2, 0.25) is 0 Å². The van der Waals surface area contributed by atoms with Crippen LogP contribution >= 0.6 is 24.0 Å². The number of aliphatic imine (C=N–C) groups is 1. The van der Waals surface area contributed by atoms with Crippen molar-refractivity contribution in [2.24, 2.45) is 4.99 Å². The molecule has 6 nitrogen and oxygen atoms in total. The van der Waals surface area contributed by atoms with Crippen molar-refractivity contribution in [3.63, 3.8) is 0 Å². The minimum absolute atomic E-state index is 0. The molecule has 0 bridgehead atoms. The Labute approximate surface area is 164 Å². The van der Waals surface area contributed by atoms with Crippen LogP contribution in [-0.4, -0.2) is 44.2 Å². The van der Waals surface area contributed by atoms with Crippen molar-refractivity contribution in [1.29, 1.82) is 0 Å². The summed E-state index contributed by atoms with van der Waals surface area (Å²) in [5.74, 6) is 2.29. The van der Waals surface area contributed by atoms with Crippen LogP contribution in [0.3, 0.4) is 0 Å². The summed E-state index contributed by atoms with van der Waals surface area (Å²) in [6.07, 6.45) is 6.01. The largest absolute Gasteiger partial charge is 0.354 e. The first kappa shape index (κ1) is 21.3. The number of guanidine groups is 1. The number of halogens is 1. The Balaban J connectivity index is 0.00000288. The van der Waals surface area contributed by atoms with E-state index in [1.165, 1.54) is 0 Å². The van der Waals surface area contributed by atoms with Gasteiger partial charge in [0.05, 0.1) is 12.2 Å². The number of aromatic nitrogens is 2. The number of hydrogen-bond donors (Lipinski definition) is 2. The third-order valence-corrected chi connectivity index (χ3v) is 5.86. The zero-order valence-electron chi connectivity index (χ0n) is 14.6. The summed E-state index contributed by atoms with van der Waals surface area (Å²) in [4.78, 5) is 12.8. The lowest BCUT2D eigenvalue weighted by molar-refractivity contribution is 0.413. The van der Waals surface area contributed by atoms with Gasteiger partial charge in [0.1, 0.15) is 5.82 Å². The molecule has 1 aromatic rings. The second-order valence-corrected chi connectivity index (χ2v) is 7.83. The van der Waals surface area contributed by atoms with Gasteiger partial charge in [-0.3, -0.25) is 9.20 Å². The number of aryl methyl sites for hydroxylation is 1. The molecule has 0 amide bonds. The molecule has 1 saturated carbocycles. The molecule has 2 rings (SSSR count). The monoisotopic (exact) mass is 465 g/mol. The van der Waals surface area contributed by atoms with Crippen molar-refractivity contribution in [3.05, 3.63) is 23.8 Å². The zero-order chi connectivity index (χ0) is 16.7. The molecule has 8 heteroatoms. The summed E-state index contributed by atoms with van der Waals surface area (Å²) in [7, 11) is 1.06. The summed E-state index contributed by atoms with van der Waals surface area (Å²) >= 11 is 0. The van der Waals surface area contributed by atoms with Crippen molar-refractivity contribution in [3.8, 4) is 0 Å². The van der Waals surface area contributed by atoms with Crippen LogP contribution in [0.15, 0.2) is 17.3 Å². The lowest BCUT2D eigenvalue weighted by Gasteiger charge is -2.30. The molecule has 0 saturated heterocycles. The van der Waals surface area contributed by atoms with Gasteiger partial charge < -0.3 is 10.6 Å². The highest BCUT2D eigenvalue weighted by Crippen LogP contribution is 2.22. The molecule has 3 atom stereocenters. The van der Waals surface area contributed by atoms with E-state index in [2.05, 4.69) is 25.6 Å². The van der Waals surface area contributed by atoms with E-state index < -0.39 is 10.8 Å². The van der Waals surface area contributed by atoms with Gasteiger partial charge in [0.15, 0.2) is 5.96 Å². The Morgan fingerprint density at radius 1 is 1.46 bits per heavy atom. The summed E-state index contributed by atoms with van der Waals surface area (Å²) in [5.41, 5.74) is 0.939. The van der Waals surface area contributed by atoms with Crippen molar-refractivity contribution in [2.45, 2.75) is 57.4 Å². The molecule has 0 radical (unpaired) electrons. The molecule has 136 valence electrons. The Hall–Kier alpha value is -0.770.